The molecule has 172 valence electrons. The molecule has 0 fully saturated rings. The van der Waals surface area contributed by atoms with E-state index in [1.165, 1.54) is 6.20 Å². The van der Waals surface area contributed by atoms with Crippen LogP contribution in [0.3, 0.4) is 0 Å². The molecule has 0 saturated heterocycles. The molecule has 33 heavy (non-hydrogen) atoms. The molecule has 2 aromatic heterocycles. The maximum atomic E-state index is 13.2. The molecule has 11 heteroatoms. The van der Waals surface area contributed by atoms with Crippen molar-refractivity contribution in [3.8, 4) is 22.9 Å². The van der Waals surface area contributed by atoms with Crippen molar-refractivity contribution < 1.29 is 18.5 Å². The van der Waals surface area contributed by atoms with E-state index in [1.54, 1.807) is 24.1 Å². The van der Waals surface area contributed by atoms with E-state index in [0.29, 0.717) is 30.6 Å². The number of carbonyl (C=O) groups is 1. The van der Waals surface area contributed by atoms with E-state index in [9.17, 15) is 9.00 Å². The highest BCUT2D eigenvalue weighted by atomic mass is 32.2. The molecule has 0 radical (unpaired) electrons. The van der Waals surface area contributed by atoms with Gasteiger partial charge in [-0.3, -0.25) is 0 Å². The van der Waals surface area contributed by atoms with E-state index in [2.05, 4.69) is 26.7 Å². The fourth-order valence-electron chi connectivity index (χ4n) is 4.32. The maximum Gasteiger partial charge on any atom is 0.354 e. The summed E-state index contributed by atoms with van der Waals surface area (Å²) in [4.78, 5) is 17.2. The molecule has 3 N–H and O–H groups in total. The largest absolute Gasteiger partial charge is 0.481 e. The number of hydrogen-bond acceptors (Lipinski definition) is 6. The number of aryl methyl sites for hydroxylation is 1. The first-order valence-electron chi connectivity index (χ1n) is 10.6. The molecule has 1 aromatic carbocycles. The first-order valence-corrected chi connectivity index (χ1v) is 12.2. The molecule has 10 nitrogen and oxygen atoms in total. The molecule has 1 aliphatic heterocycles. The molecule has 2 aliphatic rings. The van der Waals surface area contributed by atoms with Crippen LogP contribution in [0.1, 0.15) is 30.4 Å². The summed E-state index contributed by atoms with van der Waals surface area (Å²) in [6.07, 6.45) is 4.70. The number of pyridine rings is 1. The lowest BCUT2D eigenvalue weighted by Crippen LogP contribution is -2.23. The predicted octanol–water partition coefficient (Wildman–Crippen LogP) is 3.33. The minimum absolute atomic E-state index is 0.117. The van der Waals surface area contributed by atoms with Gasteiger partial charge >= 0.3 is 6.03 Å². The monoisotopic (exact) mass is 468 g/mol. The Morgan fingerprint density at radius 2 is 2.24 bits per heavy atom. The van der Waals surface area contributed by atoms with Crippen LogP contribution in [-0.4, -0.2) is 38.7 Å². The summed E-state index contributed by atoms with van der Waals surface area (Å²) < 4.78 is 29.4. The van der Waals surface area contributed by atoms with Crippen LogP contribution >= 0.6 is 0 Å². The second-order valence-electron chi connectivity index (χ2n) is 8.08. The van der Waals surface area contributed by atoms with E-state index in [0.717, 1.165) is 35.1 Å². The van der Waals surface area contributed by atoms with Crippen LogP contribution in [0, 0.1) is 0 Å². The topological polar surface area (TPSA) is 134 Å². The molecule has 3 heterocycles. The Morgan fingerprint density at radius 3 is 3.03 bits per heavy atom. The summed E-state index contributed by atoms with van der Waals surface area (Å²) in [6, 6.07) is 6.82. The zero-order valence-corrected chi connectivity index (χ0v) is 19.1. The predicted molar refractivity (Wildman–Crippen MR) is 123 cm³/mol. The number of amides is 2. The van der Waals surface area contributed by atoms with Gasteiger partial charge in [0, 0.05) is 30.8 Å². The summed E-state index contributed by atoms with van der Waals surface area (Å²) in [6.45, 7) is 3.19. The Kier molecular flexibility index (Phi) is 5.29. The number of fused-ring (bicyclic) bond motifs is 2. The van der Waals surface area contributed by atoms with Crippen molar-refractivity contribution in [3.05, 3.63) is 47.8 Å². The van der Waals surface area contributed by atoms with Gasteiger partial charge in [-0.05, 0) is 35.1 Å². The quantitative estimate of drug-likeness (QED) is 0.603. The standard InChI is InChI=1S/C22H24N6O4S/c1-13-10-15-4-5-16(14-6-7-24-18(11-14)31-2)20(19(13)15)26-22(29)27-33(23,30)17-12-25-28-8-3-9-32-21(17)28/h4-7,11-13H,3,8-10H2,1-2H3,(H3,23,26,27,29,30)/t13-,33?/m0/s1. The normalized spacial score (nSPS) is 18.1. The Hall–Kier alpha value is -3.44. The highest BCUT2D eigenvalue weighted by Gasteiger charge is 2.29. The third-order valence-electron chi connectivity index (χ3n) is 5.89. The second kappa shape index (κ2) is 8.16. The van der Waals surface area contributed by atoms with Crippen LogP contribution < -0.4 is 19.9 Å². The van der Waals surface area contributed by atoms with Gasteiger partial charge in [0.05, 0.1) is 25.6 Å². The van der Waals surface area contributed by atoms with Crippen molar-refractivity contribution in [1.29, 1.82) is 0 Å². The van der Waals surface area contributed by atoms with Crippen molar-refractivity contribution in [2.24, 2.45) is 9.50 Å². The van der Waals surface area contributed by atoms with E-state index < -0.39 is 15.9 Å². The number of anilines is 1. The number of benzene rings is 1. The molecule has 3 aromatic rings. The zero-order valence-electron chi connectivity index (χ0n) is 18.3. The molecule has 5 rings (SSSR count). The number of urea groups is 1. The van der Waals surface area contributed by atoms with E-state index in [4.69, 9.17) is 14.6 Å². The lowest BCUT2D eigenvalue weighted by atomic mass is 9.76. The van der Waals surface area contributed by atoms with Crippen LogP contribution in [0.15, 0.2) is 45.9 Å². The average molecular weight is 469 g/mol. The summed E-state index contributed by atoms with van der Waals surface area (Å²) in [7, 11) is -2.01. The van der Waals surface area contributed by atoms with Gasteiger partial charge in [-0.25, -0.2) is 23.8 Å². The minimum atomic E-state index is -3.56. The highest BCUT2D eigenvalue weighted by Crippen LogP contribution is 2.45. The summed E-state index contributed by atoms with van der Waals surface area (Å²) in [5.41, 5.74) is 4.42. The van der Waals surface area contributed by atoms with E-state index in [-0.39, 0.29) is 10.8 Å². The van der Waals surface area contributed by atoms with Crippen LogP contribution in [0.5, 0.6) is 11.8 Å². The summed E-state index contributed by atoms with van der Waals surface area (Å²) >= 11 is 0. The molecule has 2 atom stereocenters. The van der Waals surface area contributed by atoms with Gasteiger partial charge in [0.15, 0.2) is 9.92 Å². The SMILES string of the molecule is COc1cc(-c2ccc3c(c2NC(=O)N=S(N)(=O)c2cnn4c2OCCC4)[C@@H](C)C3)ccn1. The Bertz CT molecular complexity index is 1380. The highest BCUT2D eigenvalue weighted by molar-refractivity contribution is 7.91. The van der Waals surface area contributed by atoms with Gasteiger partial charge in [0.2, 0.25) is 11.8 Å². The van der Waals surface area contributed by atoms with Crippen molar-refractivity contribution >= 4 is 21.6 Å². The summed E-state index contributed by atoms with van der Waals surface area (Å²) in [5.74, 6) is 1.02. The molecule has 2 amide bonds. The molecule has 0 spiro atoms. The van der Waals surface area contributed by atoms with Crippen LogP contribution in [0.4, 0.5) is 10.5 Å². The Labute approximate surface area is 191 Å². The number of nitrogens with two attached hydrogens (primary N) is 1. The van der Waals surface area contributed by atoms with Gasteiger partial charge in [0.25, 0.3) is 0 Å². The summed E-state index contributed by atoms with van der Waals surface area (Å²) in [5, 5.41) is 13.0. The second-order valence-corrected chi connectivity index (χ2v) is 9.84. The molecule has 0 saturated carbocycles. The fraction of sp³-hybridized carbons (Fsp3) is 0.318. The van der Waals surface area contributed by atoms with Gasteiger partial charge in [0.1, 0.15) is 4.90 Å². The number of nitrogens with one attached hydrogen (secondary N) is 1. The third-order valence-corrected chi connectivity index (χ3v) is 7.24. The maximum absolute atomic E-state index is 13.2. The average Bonchev–Trinajstić information content (AvgIpc) is 3.23. The lowest BCUT2D eigenvalue weighted by Gasteiger charge is -2.31. The number of hydrogen-bond donors (Lipinski definition) is 2. The lowest BCUT2D eigenvalue weighted by molar-refractivity contribution is 0.224. The minimum Gasteiger partial charge on any atom is -0.481 e. The van der Waals surface area contributed by atoms with Gasteiger partial charge < -0.3 is 14.8 Å². The number of methoxy groups -OCH3 is 1. The zero-order chi connectivity index (χ0) is 23.2. The Morgan fingerprint density at radius 1 is 1.39 bits per heavy atom. The number of aromatic nitrogens is 3. The Balaban J connectivity index is 1.53. The van der Waals surface area contributed by atoms with Gasteiger partial charge in [-0.15, -0.1) is 4.36 Å². The van der Waals surface area contributed by atoms with Gasteiger partial charge in [-0.2, -0.15) is 5.10 Å². The van der Waals surface area contributed by atoms with Crippen molar-refractivity contribution in [1.82, 2.24) is 14.8 Å². The smallest absolute Gasteiger partial charge is 0.354 e. The number of carbonyl (C=O) groups excluding carboxylic acids is 1. The number of nitrogens with zero attached hydrogens (tertiary/aromatic N) is 4. The molecule has 1 aliphatic carbocycles. The van der Waals surface area contributed by atoms with Gasteiger partial charge in [-0.1, -0.05) is 19.1 Å². The number of rotatable bonds is 4. The fourth-order valence-corrected chi connectivity index (χ4v) is 5.32. The first-order chi connectivity index (χ1) is 15.9. The number of ether oxygens (including phenoxy) is 2. The first kappa shape index (κ1) is 21.4. The van der Waals surface area contributed by atoms with Crippen molar-refractivity contribution in [3.63, 3.8) is 0 Å². The van der Waals surface area contributed by atoms with Crippen molar-refractivity contribution in [2.45, 2.75) is 37.1 Å². The van der Waals surface area contributed by atoms with E-state index >= 15 is 0 Å². The van der Waals surface area contributed by atoms with E-state index in [1.807, 2.05) is 18.2 Å². The van der Waals surface area contributed by atoms with Crippen molar-refractivity contribution in [2.75, 3.05) is 19.0 Å². The van der Waals surface area contributed by atoms with Crippen LogP contribution in [-0.2, 0) is 22.9 Å². The van der Waals surface area contributed by atoms with Crippen LogP contribution in [0.2, 0.25) is 0 Å². The molecular weight excluding hydrogens is 444 g/mol. The van der Waals surface area contributed by atoms with Crippen LogP contribution in [0.25, 0.3) is 11.1 Å². The molecule has 1 unspecified atom stereocenters. The molecular formula is C22H24N6O4S. The molecule has 0 bridgehead atoms. The third kappa shape index (κ3) is 3.83.